The van der Waals surface area contributed by atoms with E-state index in [9.17, 15) is 26.5 Å². The summed E-state index contributed by atoms with van der Waals surface area (Å²) in [6.45, 7) is -0.741. The van der Waals surface area contributed by atoms with Crippen molar-refractivity contribution >= 4 is 32.7 Å². The smallest absolute Gasteiger partial charge is 0.362 e. The zero-order chi connectivity index (χ0) is 16.5. The molecule has 0 aliphatic carbocycles. The number of aromatic nitrogens is 1. The summed E-state index contributed by atoms with van der Waals surface area (Å²) in [5.41, 5.74) is -0.780. The molecule has 0 saturated heterocycles. The van der Waals surface area contributed by atoms with Crippen LogP contribution in [0.1, 0.15) is 16.1 Å². The van der Waals surface area contributed by atoms with Gasteiger partial charge in [0.05, 0.1) is 6.54 Å². The van der Waals surface area contributed by atoms with E-state index < -0.39 is 40.1 Å². The molecule has 1 aromatic heterocycles. The summed E-state index contributed by atoms with van der Waals surface area (Å²) in [7, 11) is -4.86. The Bertz CT molecular complexity index is 822. The highest BCUT2D eigenvalue weighted by molar-refractivity contribution is 7.87. The molecule has 0 unspecified atom stereocenters. The van der Waals surface area contributed by atoms with Crippen LogP contribution in [0.5, 0.6) is 0 Å². The third-order valence-electron chi connectivity index (χ3n) is 2.55. The molecule has 11 heteroatoms. The fourth-order valence-electron chi connectivity index (χ4n) is 1.55. The third-order valence-corrected chi connectivity index (χ3v) is 4.39. The second-order valence-corrected chi connectivity index (χ2v) is 6.19. The lowest BCUT2D eigenvalue weighted by atomic mass is 10.2. The highest BCUT2D eigenvalue weighted by atomic mass is 32.2. The molecule has 0 fully saturated rings. The van der Waals surface area contributed by atoms with Gasteiger partial charge in [0, 0.05) is 10.9 Å². The molecule has 1 aromatic carbocycles. The van der Waals surface area contributed by atoms with E-state index in [-0.39, 0.29) is 15.0 Å². The second-order valence-electron chi connectivity index (χ2n) is 4.02. The number of nitrogens with zero attached hydrogens (tertiary/aromatic N) is 2. The van der Waals surface area contributed by atoms with Crippen LogP contribution < -0.4 is 4.31 Å². The first-order valence-electron chi connectivity index (χ1n) is 5.57. The number of thiazole rings is 1. The van der Waals surface area contributed by atoms with Crippen molar-refractivity contribution in [2.45, 2.75) is 6.54 Å². The van der Waals surface area contributed by atoms with Crippen molar-refractivity contribution in [2.75, 3.05) is 4.31 Å². The van der Waals surface area contributed by atoms with E-state index in [0.717, 1.165) is 17.5 Å². The van der Waals surface area contributed by atoms with Crippen molar-refractivity contribution in [1.29, 1.82) is 0 Å². The number of aromatic carboxylic acids is 1. The number of carboxylic acids is 1. The van der Waals surface area contributed by atoms with Gasteiger partial charge in [-0.15, -0.1) is 11.3 Å². The molecule has 7 nitrogen and oxygen atoms in total. The molecule has 0 atom stereocenters. The van der Waals surface area contributed by atoms with E-state index in [2.05, 4.69) is 4.98 Å². The summed E-state index contributed by atoms with van der Waals surface area (Å²) >= 11 is 0.621. The lowest BCUT2D eigenvalue weighted by molar-refractivity contribution is 0.0691. The highest BCUT2D eigenvalue weighted by Crippen LogP contribution is 2.26. The fourth-order valence-corrected chi connectivity index (χ4v) is 3.21. The van der Waals surface area contributed by atoms with Crippen LogP contribution in [0.3, 0.4) is 0 Å². The normalized spacial score (nSPS) is 11.4. The van der Waals surface area contributed by atoms with Gasteiger partial charge in [0.2, 0.25) is 5.13 Å². The van der Waals surface area contributed by atoms with E-state index in [1.807, 2.05) is 0 Å². The Hall–Kier alpha value is -2.11. The van der Waals surface area contributed by atoms with Gasteiger partial charge in [-0.1, -0.05) is 12.1 Å². The van der Waals surface area contributed by atoms with Gasteiger partial charge in [-0.3, -0.25) is 4.55 Å². The molecule has 2 aromatic rings. The fraction of sp³-hybridized carbons (Fsp3) is 0.0909. The zero-order valence-electron chi connectivity index (χ0n) is 10.6. The maximum absolute atomic E-state index is 13.6. The predicted octanol–water partition coefficient (Wildman–Crippen LogP) is 1.93. The number of hydrogen-bond donors (Lipinski definition) is 2. The summed E-state index contributed by atoms with van der Waals surface area (Å²) in [5.74, 6) is -3.85. The van der Waals surface area contributed by atoms with Crippen molar-refractivity contribution in [3.63, 3.8) is 0 Å². The average molecular weight is 350 g/mol. The van der Waals surface area contributed by atoms with E-state index in [1.54, 1.807) is 0 Å². The lowest BCUT2D eigenvalue weighted by Crippen LogP contribution is -2.30. The molecule has 2 N–H and O–H groups in total. The molecule has 1 heterocycles. The number of carboxylic acid groups (broad SMARTS) is 1. The van der Waals surface area contributed by atoms with Crippen molar-refractivity contribution < 1.29 is 31.7 Å². The zero-order valence-corrected chi connectivity index (χ0v) is 12.2. The summed E-state index contributed by atoms with van der Waals surface area (Å²) in [5, 5.41) is 9.42. The minimum Gasteiger partial charge on any atom is -0.476 e. The van der Waals surface area contributed by atoms with Crippen LogP contribution in [0, 0.1) is 11.6 Å². The second kappa shape index (κ2) is 5.94. The minimum absolute atomic E-state index is 0.280. The summed E-state index contributed by atoms with van der Waals surface area (Å²) in [6, 6.07) is 3.14. The maximum atomic E-state index is 13.6. The topological polar surface area (TPSA) is 108 Å². The largest absolute Gasteiger partial charge is 0.476 e. The van der Waals surface area contributed by atoms with Gasteiger partial charge in [0.1, 0.15) is 0 Å². The van der Waals surface area contributed by atoms with E-state index in [1.165, 1.54) is 6.07 Å². The van der Waals surface area contributed by atoms with Gasteiger partial charge in [-0.05, 0) is 6.07 Å². The molecule has 22 heavy (non-hydrogen) atoms. The molecule has 0 spiro atoms. The molecule has 2 rings (SSSR count). The van der Waals surface area contributed by atoms with Crippen molar-refractivity contribution in [1.82, 2.24) is 4.98 Å². The first-order valence-corrected chi connectivity index (χ1v) is 7.84. The Balaban J connectivity index is 2.43. The Kier molecular flexibility index (Phi) is 4.39. The number of rotatable bonds is 5. The Labute approximate surface area is 127 Å². The number of carbonyl (C=O) groups is 1. The van der Waals surface area contributed by atoms with Gasteiger partial charge < -0.3 is 5.11 Å². The number of halogens is 2. The Morgan fingerprint density at radius 3 is 2.59 bits per heavy atom. The molecular weight excluding hydrogens is 342 g/mol. The van der Waals surface area contributed by atoms with Crippen molar-refractivity contribution in [3.05, 3.63) is 46.5 Å². The molecular formula is C11H8F2N2O5S2. The summed E-state index contributed by atoms with van der Waals surface area (Å²) in [6.07, 6.45) is 0. The van der Waals surface area contributed by atoms with E-state index in [0.29, 0.717) is 11.3 Å². The van der Waals surface area contributed by atoms with Crippen molar-refractivity contribution in [2.24, 2.45) is 0 Å². The van der Waals surface area contributed by atoms with Crippen molar-refractivity contribution in [3.8, 4) is 0 Å². The van der Waals surface area contributed by atoms with Gasteiger partial charge in [-0.25, -0.2) is 22.9 Å². The number of benzene rings is 1. The molecule has 0 aliphatic heterocycles. The van der Waals surface area contributed by atoms with Gasteiger partial charge in [0.25, 0.3) is 0 Å². The first kappa shape index (κ1) is 16.3. The number of anilines is 1. The minimum atomic E-state index is -4.86. The van der Waals surface area contributed by atoms with Gasteiger partial charge in [0.15, 0.2) is 17.3 Å². The van der Waals surface area contributed by atoms with E-state index in [4.69, 9.17) is 5.11 Å². The quantitative estimate of drug-likeness (QED) is 0.798. The van der Waals surface area contributed by atoms with Crippen LogP contribution in [0.25, 0.3) is 0 Å². The van der Waals surface area contributed by atoms with Crippen LogP contribution in [0.15, 0.2) is 23.6 Å². The third kappa shape index (κ3) is 3.37. The maximum Gasteiger partial charge on any atom is 0.362 e. The monoisotopic (exact) mass is 350 g/mol. The van der Waals surface area contributed by atoms with Crippen LogP contribution in [0.4, 0.5) is 13.9 Å². The van der Waals surface area contributed by atoms with Crippen LogP contribution in [-0.4, -0.2) is 29.0 Å². The molecule has 0 bridgehead atoms. The lowest BCUT2D eigenvalue weighted by Gasteiger charge is -2.18. The first-order chi connectivity index (χ1) is 10.2. The van der Waals surface area contributed by atoms with Crippen LogP contribution in [-0.2, 0) is 16.8 Å². The average Bonchev–Trinajstić information content (AvgIpc) is 2.88. The molecule has 0 amide bonds. The van der Waals surface area contributed by atoms with Gasteiger partial charge >= 0.3 is 16.3 Å². The highest BCUT2D eigenvalue weighted by Gasteiger charge is 2.26. The SMILES string of the molecule is O=C(O)c1csc(N(Cc2cccc(F)c2F)S(=O)(=O)O)n1. The Morgan fingerprint density at radius 1 is 1.36 bits per heavy atom. The summed E-state index contributed by atoms with van der Waals surface area (Å²) < 4.78 is 59.0. The summed E-state index contributed by atoms with van der Waals surface area (Å²) in [4.78, 5) is 14.3. The standard InChI is InChI=1S/C11H8F2N2O5S2/c12-7-3-1-2-6(9(7)13)4-15(22(18,19)20)11-14-8(5-21-11)10(16)17/h1-3,5H,4H2,(H,16,17)(H,18,19,20). The van der Waals surface area contributed by atoms with Crippen LogP contribution in [0.2, 0.25) is 0 Å². The van der Waals surface area contributed by atoms with Gasteiger partial charge in [-0.2, -0.15) is 8.42 Å². The predicted molar refractivity (Wildman–Crippen MR) is 73.2 cm³/mol. The molecule has 0 aliphatic rings. The number of hydrogen-bond acceptors (Lipinski definition) is 5. The molecule has 0 radical (unpaired) electrons. The molecule has 0 saturated carbocycles. The van der Waals surface area contributed by atoms with E-state index >= 15 is 0 Å². The molecule has 118 valence electrons. The van der Waals surface area contributed by atoms with Crippen LogP contribution >= 0.6 is 11.3 Å². The Morgan fingerprint density at radius 2 is 2.05 bits per heavy atom.